The van der Waals surface area contributed by atoms with Gasteiger partial charge < -0.3 is 0 Å². The minimum atomic E-state index is 0.489. The molecule has 0 bridgehead atoms. The van der Waals surface area contributed by atoms with Crippen molar-refractivity contribution in [1.82, 2.24) is 5.01 Å². The zero-order valence-corrected chi connectivity index (χ0v) is 18.5. The predicted molar refractivity (Wildman–Crippen MR) is 117 cm³/mol. The molecule has 0 aromatic rings. The molecule has 3 saturated carbocycles. The number of hydrogen-bond donors (Lipinski definition) is 1. The normalized spacial score (nSPS) is 40.4. The van der Waals surface area contributed by atoms with Gasteiger partial charge in [-0.2, -0.15) is 0 Å². The molecule has 0 aliphatic heterocycles. The highest BCUT2D eigenvalue weighted by molar-refractivity contribution is 5.15. The van der Waals surface area contributed by atoms with Gasteiger partial charge in [0.1, 0.15) is 0 Å². The van der Waals surface area contributed by atoms with Crippen LogP contribution in [-0.4, -0.2) is 18.1 Å². The van der Waals surface area contributed by atoms with E-state index in [-0.39, 0.29) is 0 Å². The lowest BCUT2D eigenvalue weighted by Gasteiger charge is -2.50. The molecule has 3 fully saturated rings. The van der Waals surface area contributed by atoms with E-state index in [2.05, 4.69) is 27.4 Å². The van der Waals surface area contributed by atoms with Crippen LogP contribution in [0.3, 0.4) is 0 Å². The molecule has 2 heteroatoms. The van der Waals surface area contributed by atoms with Gasteiger partial charge >= 0.3 is 0 Å². The lowest BCUT2D eigenvalue weighted by atomic mass is 9.55. The lowest BCUT2D eigenvalue weighted by Crippen LogP contribution is -2.43. The number of nitrogens with zero attached hydrogens (tertiary/aromatic N) is 1. The van der Waals surface area contributed by atoms with Gasteiger partial charge in [0.2, 0.25) is 0 Å². The van der Waals surface area contributed by atoms with Crippen LogP contribution in [0.1, 0.15) is 97.8 Å². The van der Waals surface area contributed by atoms with E-state index in [0.29, 0.717) is 11.3 Å². The predicted octanol–water partition coefficient (Wildman–Crippen LogP) is 6.57. The van der Waals surface area contributed by atoms with E-state index in [4.69, 9.17) is 5.84 Å². The summed E-state index contributed by atoms with van der Waals surface area (Å²) in [4.78, 5) is 0. The van der Waals surface area contributed by atoms with Crippen molar-refractivity contribution in [2.24, 2.45) is 40.8 Å². The highest BCUT2D eigenvalue weighted by Gasteiger charge is 2.53. The average Bonchev–Trinajstić information content (AvgIpc) is 2.97. The summed E-state index contributed by atoms with van der Waals surface area (Å²) in [5, 5.41) is 2.00. The number of rotatable bonds is 5. The fraction of sp³-hybridized carbons (Fsp3) is 0.920. The van der Waals surface area contributed by atoms with E-state index in [9.17, 15) is 0 Å². The van der Waals surface area contributed by atoms with Gasteiger partial charge in [-0.25, -0.2) is 5.01 Å². The fourth-order valence-corrected chi connectivity index (χ4v) is 7.31. The molecule has 3 rings (SSSR count). The van der Waals surface area contributed by atoms with Crippen LogP contribution in [0.15, 0.2) is 12.2 Å². The summed E-state index contributed by atoms with van der Waals surface area (Å²) in [6.45, 7) is 13.7. The zero-order valence-electron chi connectivity index (χ0n) is 18.5. The molecule has 156 valence electrons. The Kier molecular flexibility index (Phi) is 7.47. The number of nitrogens with two attached hydrogens (primary N) is 1. The first-order valence-corrected chi connectivity index (χ1v) is 12.1. The smallest absolute Gasteiger partial charge is 0.0339 e. The summed E-state index contributed by atoms with van der Waals surface area (Å²) in [6.07, 6.45) is 17.1. The van der Waals surface area contributed by atoms with E-state index in [1.165, 1.54) is 76.2 Å². The van der Waals surface area contributed by atoms with Crippen molar-refractivity contribution in [2.75, 3.05) is 13.1 Å². The van der Waals surface area contributed by atoms with Gasteiger partial charge in [0.15, 0.2) is 0 Å². The minimum absolute atomic E-state index is 0.489. The Balaban J connectivity index is 1.68. The molecule has 6 atom stereocenters. The van der Waals surface area contributed by atoms with Crippen molar-refractivity contribution >= 4 is 0 Å². The lowest BCUT2D eigenvalue weighted by molar-refractivity contribution is 0.00829. The number of hydrazine groups is 1. The van der Waals surface area contributed by atoms with Gasteiger partial charge in [-0.05, 0) is 73.5 Å². The van der Waals surface area contributed by atoms with Crippen LogP contribution in [0.4, 0.5) is 0 Å². The zero-order chi connectivity index (χ0) is 19.4. The topological polar surface area (TPSA) is 29.3 Å². The summed E-state index contributed by atoms with van der Waals surface area (Å²) >= 11 is 0. The molecule has 3 aliphatic rings. The molecule has 2 nitrogen and oxygen atoms in total. The molecule has 0 radical (unpaired) electrons. The van der Waals surface area contributed by atoms with E-state index >= 15 is 0 Å². The Hall–Kier alpha value is -0.340. The minimum Gasteiger partial charge on any atom is -0.268 e. The largest absolute Gasteiger partial charge is 0.268 e. The van der Waals surface area contributed by atoms with Crippen molar-refractivity contribution in [2.45, 2.75) is 97.8 Å². The van der Waals surface area contributed by atoms with Gasteiger partial charge in [-0.1, -0.05) is 71.4 Å². The van der Waals surface area contributed by atoms with Crippen LogP contribution in [0.5, 0.6) is 0 Å². The molecule has 3 aliphatic carbocycles. The van der Waals surface area contributed by atoms with E-state index in [0.717, 1.165) is 43.2 Å². The van der Waals surface area contributed by atoms with E-state index < -0.39 is 0 Å². The molecule has 0 aromatic heterocycles. The second-order valence-corrected chi connectivity index (χ2v) is 10.7. The highest BCUT2D eigenvalue weighted by Crippen LogP contribution is 2.62. The van der Waals surface area contributed by atoms with Crippen molar-refractivity contribution in [3.8, 4) is 0 Å². The molecule has 27 heavy (non-hydrogen) atoms. The maximum absolute atomic E-state index is 6.22. The summed E-state index contributed by atoms with van der Waals surface area (Å²) in [7, 11) is 0. The molecular weight excluding hydrogens is 328 g/mol. The summed E-state index contributed by atoms with van der Waals surface area (Å²) in [6, 6.07) is 0. The first kappa shape index (κ1) is 21.4. The van der Waals surface area contributed by atoms with Crippen molar-refractivity contribution in [3.05, 3.63) is 12.2 Å². The SMILES string of the molecule is C=C(CN(N)CCC)C1CCC2C3CCCCC(C)CCCC3CCC12C. The number of fused-ring (bicyclic) bond motifs is 3. The Morgan fingerprint density at radius 3 is 2.56 bits per heavy atom. The molecular formula is C25H46N2. The third kappa shape index (κ3) is 4.81. The van der Waals surface area contributed by atoms with Crippen LogP contribution in [0, 0.1) is 35.0 Å². The molecule has 0 amide bonds. The van der Waals surface area contributed by atoms with Gasteiger partial charge in [-0.3, -0.25) is 5.84 Å². The Labute approximate surface area is 169 Å². The summed E-state index contributed by atoms with van der Waals surface area (Å²) < 4.78 is 0. The Bertz CT molecular complexity index is 487. The van der Waals surface area contributed by atoms with Crippen LogP contribution in [0.25, 0.3) is 0 Å². The van der Waals surface area contributed by atoms with Gasteiger partial charge in [0.25, 0.3) is 0 Å². The monoisotopic (exact) mass is 374 g/mol. The van der Waals surface area contributed by atoms with Crippen LogP contribution < -0.4 is 5.84 Å². The molecule has 0 spiro atoms. The third-order valence-electron chi connectivity index (χ3n) is 8.75. The first-order valence-electron chi connectivity index (χ1n) is 12.1. The van der Waals surface area contributed by atoms with Gasteiger partial charge in [0, 0.05) is 13.1 Å². The summed E-state index contributed by atoms with van der Waals surface area (Å²) in [5.41, 5.74) is 1.91. The van der Waals surface area contributed by atoms with Crippen molar-refractivity contribution < 1.29 is 0 Å². The molecule has 0 aromatic carbocycles. The second kappa shape index (κ2) is 9.44. The summed E-state index contributed by atoms with van der Waals surface area (Å²) in [5.74, 6) is 10.8. The second-order valence-electron chi connectivity index (χ2n) is 10.7. The molecule has 2 N–H and O–H groups in total. The number of hydrogen-bond acceptors (Lipinski definition) is 2. The molecule has 6 unspecified atom stereocenters. The fourth-order valence-electron chi connectivity index (χ4n) is 7.31. The average molecular weight is 375 g/mol. The molecule has 0 heterocycles. The quantitative estimate of drug-likeness (QED) is 0.335. The van der Waals surface area contributed by atoms with Crippen LogP contribution in [-0.2, 0) is 0 Å². The van der Waals surface area contributed by atoms with E-state index in [1.807, 2.05) is 5.01 Å². The van der Waals surface area contributed by atoms with Crippen molar-refractivity contribution in [3.63, 3.8) is 0 Å². The third-order valence-corrected chi connectivity index (χ3v) is 8.75. The van der Waals surface area contributed by atoms with Crippen LogP contribution in [0.2, 0.25) is 0 Å². The maximum Gasteiger partial charge on any atom is 0.0339 e. The van der Waals surface area contributed by atoms with Gasteiger partial charge in [0.05, 0.1) is 0 Å². The first-order chi connectivity index (χ1) is 13.0. The van der Waals surface area contributed by atoms with Crippen LogP contribution >= 0.6 is 0 Å². The Morgan fingerprint density at radius 1 is 1.04 bits per heavy atom. The molecule has 0 saturated heterocycles. The van der Waals surface area contributed by atoms with Gasteiger partial charge in [-0.15, -0.1) is 0 Å². The maximum atomic E-state index is 6.22. The highest BCUT2D eigenvalue weighted by atomic mass is 15.4. The standard InChI is InChI=1S/C25H46N2/c1-5-17-27(26)18-20(3)23-13-14-24-22-12-7-6-9-19(2)10-8-11-21(22)15-16-25(23,24)4/h19,21-24H,3,5-18,26H2,1-2,4H3. The Morgan fingerprint density at radius 2 is 1.78 bits per heavy atom. The van der Waals surface area contributed by atoms with Crippen molar-refractivity contribution in [1.29, 1.82) is 0 Å². The van der Waals surface area contributed by atoms with E-state index in [1.54, 1.807) is 0 Å².